The van der Waals surface area contributed by atoms with Crippen molar-refractivity contribution >= 4 is 28.4 Å². The molecule has 2 N–H and O–H groups in total. The van der Waals surface area contributed by atoms with Crippen molar-refractivity contribution in [2.75, 3.05) is 5.32 Å². The molecule has 0 aromatic heterocycles. The summed E-state index contributed by atoms with van der Waals surface area (Å²) in [6.45, 7) is 7.42. The molecule has 0 spiro atoms. The molecular weight excluding hydrogens is 349 g/mol. The summed E-state index contributed by atoms with van der Waals surface area (Å²) in [5.41, 5.74) is 1.01. The Labute approximate surface area is 150 Å². The van der Waals surface area contributed by atoms with Crippen LogP contribution < -0.4 is 5.32 Å². The third-order valence-corrected chi connectivity index (χ3v) is 4.23. The van der Waals surface area contributed by atoms with Crippen LogP contribution in [0.3, 0.4) is 0 Å². The molecule has 3 nitrogen and oxygen atoms in total. The van der Waals surface area contributed by atoms with Gasteiger partial charge in [-0.05, 0) is 48.9 Å². The van der Waals surface area contributed by atoms with Gasteiger partial charge in [-0.2, -0.15) is 0 Å². The van der Waals surface area contributed by atoms with Gasteiger partial charge in [-0.25, -0.2) is 13.2 Å². The number of hydrogen-bond donors (Lipinski definition) is 2. The van der Waals surface area contributed by atoms with Crippen LogP contribution in [0.25, 0.3) is 0 Å². The molecule has 1 amide bonds. The summed E-state index contributed by atoms with van der Waals surface area (Å²) in [5, 5.41) is 10.0. The highest BCUT2D eigenvalue weighted by atomic mass is 32.2. The number of allylic oxidation sites excluding steroid dienone is 1. The molecule has 1 aromatic rings. The molecule has 0 aliphatic carbocycles. The van der Waals surface area contributed by atoms with Crippen molar-refractivity contribution in [1.29, 1.82) is 5.41 Å². The van der Waals surface area contributed by atoms with E-state index >= 15 is 0 Å². The molecule has 1 rings (SSSR count). The number of amides is 1. The van der Waals surface area contributed by atoms with Gasteiger partial charge in [-0.15, -0.1) is 0 Å². The molecule has 0 saturated heterocycles. The highest BCUT2D eigenvalue weighted by Crippen LogP contribution is 2.31. The second-order valence-corrected chi connectivity index (χ2v) is 7.50. The van der Waals surface area contributed by atoms with E-state index in [0.717, 1.165) is 6.42 Å². The fourth-order valence-corrected chi connectivity index (χ4v) is 3.15. The lowest BCUT2D eigenvalue weighted by Gasteiger charge is -2.19. The molecule has 138 valence electrons. The first kappa shape index (κ1) is 21.3. The van der Waals surface area contributed by atoms with Crippen LogP contribution >= 0.6 is 11.8 Å². The monoisotopic (exact) mass is 372 g/mol. The van der Waals surface area contributed by atoms with Gasteiger partial charge >= 0.3 is 0 Å². The SMILES string of the molecule is CC(=N)S/C(=C/C(F)F)C(=O)Nc1ccc(F)cc1C(C)CC(C)C. The van der Waals surface area contributed by atoms with Gasteiger partial charge in [0.2, 0.25) is 0 Å². The largest absolute Gasteiger partial charge is 0.321 e. The van der Waals surface area contributed by atoms with Crippen LogP contribution in [0.15, 0.2) is 29.2 Å². The molecule has 0 radical (unpaired) electrons. The second kappa shape index (κ2) is 9.65. The molecule has 0 aliphatic rings. The number of anilines is 1. The van der Waals surface area contributed by atoms with Crippen molar-refractivity contribution in [3.05, 3.63) is 40.6 Å². The predicted octanol–water partition coefficient (Wildman–Crippen LogP) is 5.79. The number of carbonyl (C=O) groups is 1. The van der Waals surface area contributed by atoms with E-state index in [9.17, 15) is 18.0 Å². The number of alkyl halides is 2. The zero-order valence-corrected chi connectivity index (χ0v) is 15.5. The summed E-state index contributed by atoms with van der Waals surface area (Å²) in [6.07, 6.45) is -1.50. The Hall–Kier alpha value is -1.76. The van der Waals surface area contributed by atoms with Crippen molar-refractivity contribution < 1.29 is 18.0 Å². The summed E-state index contributed by atoms with van der Waals surface area (Å²) in [5.74, 6) is -0.781. The van der Waals surface area contributed by atoms with Gasteiger partial charge in [0.15, 0.2) is 0 Å². The van der Waals surface area contributed by atoms with E-state index in [0.29, 0.717) is 35.0 Å². The molecule has 25 heavy (non-hydrogen) atoms. The lowest BCUT2D eigenvalue weighted by molar-refractivity contribution is -0.112. The van der Waals surface area contributed by atoms with E-state index < -0.39 is 18.1 Å². The van der Waals surface area contributed by atoms with E-state index in [-0.39, 0.29) is 15.9 Å². The Balaban J connectivity index is 3.11. The molecule has 0 bridgehead atoms. The summed E-state index contributed by atoms with van der Waals surface area (Å²) in [6, 6.07) is 4.00. The maximum atomic E-state index is 13.6. The summed E-state index contributed by atoms with van der Waals surface area (Å²) >= 11 is 0.662. The number of nitrogens with one attached hydrogen (secondary N) is 2. The Morgan fingerprint density at radius 1 is 1.32 bits per heavy atom. The van der Waals surface area contributed by atoms with Crippen molar-refractivity contribution in [2.24, 2.45) is 5.92 Å². The first-order valence-electron chi connectivity index (χ1n) is 7.94. The standard InChI is InChI=1S/C18H23F3N2OS/c1-10(2)7-11(3)14-8-13(19)5-6-15(14)23-18(24)16(9-17(20)21)25-12(4)22/h5-6,8-11,17,22H,7H2,1-4H3,(H,23,24)/b16-9+,22-12?. The highest BCUT2D eigenvalue weighted by Gasteiger charge is 2.19. The van der Waals surface area contributed by atoms with Crippen LogP contribution in [0, 0.1) is 17.1 Å². The number of benzene rings is 1. The summed E-state index contributed by atoms with van der Waals surface area (Å²) in [4.78, 5) is 12.1. The Morgan fingerprint density at radius 2 is 1.96 bits per heavy atom. The van der Waals surface area contributed by atoms with Crippen molar-refractivity contribution in [2.45, 2.75) is 46.5 Å². The van der Waals surface area contributed by atoms with E-state index in [1.165, 1.54) is 25.1 Å². The average molecular weight is 372 g/mol. The Morgan fingerprint density at radius 3 is 2.48 bits per heavy atom. The number of carbonyl (C=O) groups excluding carboxylic acids is 1. The zero-order chi connectivity index (χ0) is 19.1. The first-order valence-corrected chi connectivity index (χ1v) is 8.75. The molecule has 1 atom stereocenters. The average Bonchev–Trinajstić information content (AvgIpc) is 2.46. The number of halogens is 3. The molecule has 7 heteroatoms. The molecule has 0 aliphatic heterocycles. The van der Waals surface area contributed by atoms with Crippen LogP contribution in [0.2, 0.25) is 0 Å². The molecule has 0 heterocycles. The maximum absolute atomic E-state index is 13.6. The van der Waals surface area contributed by atoms with E-state index in [4.69, 9.17) is 5.41 Å². The zero-order valence-electron chi connectivity index (χ0n) is 14.7. The fraction of sp³-hybridized carbons (Fsp3) is 0.444. The van der Waals surface area contributed by atoms with Gasteiger partial charge in [-0.1, -0.05) is 32.5 Å². The van der Waals surface area contributed by atoms with E-state index in [2.05, 4.69) is 5.32 Å². The highest BCUT2D eigenvalue weighted by molar-refractivity contribution is 8.17. The van der Waals surface area contributed by atoms with Gasteiger partial charge in [-0.3, -0.25) is 10.2 Å². The molecule has 1 aromatic carbocycles. The first-order chi connectivity index (χ1) is 11.6. The number of rotatable bonds is 7. The maximum Gasteiger partial charge on any atom is 0.262 e. The Bertz CT molecular complexity index is 660. The molecule has 0 fully saturated rings. The quantitative estimate of drug-likeness (QED) is 0.361. The van der Waals surface area contributed by atoms with Gasteiger partial charge in [0.1, 0.15) is 5.82 Å². The summed E-state index contributed by atoms with van der Waals surface area (Å²) in [7, 11) is 0. The lowest BCUT2D eigenvalue weighted by atomic mass is 9.90. The fourth-order valence-electron chi connectivity index (χ4n) is 2.51. The lowest BCUT2D eigenvalue weighted by Crippen LogP contribution is -2.16. The van der Waals surface area contributed by atoms with Crippen LogP contribution in [-0.2, 0) is 4.79 Å². The minimum absolute atomic E-state index is 0.00865. The van der Waals surface area contributed by atoms with Gasteiger partial charge in [0.05, 0.1) is 9.95 Å². The van der Waals surface area contributed by atoms with Crippen molar-refractivity contribution in [3.63, 3.8) is 0 Å². The van der Waals surface area contributed by atoms with Crippen molar-refractivity contribution in [1.82, 2.24) is 0 Å². The van der Waals surface area contributed by atoms with Crippen LogP contribution in [0.4, 0.5) is 18.9 Å². The smallest absolute Gasteiger partial charge is 0.262 e. The predicted molar refractivity (Wildman–Crippen MR) is 98.0 cm³/mol. The van der Waals surface area contributed by atoms with E-state index in [1.54, 1.807) is 0 Å². The van der Waals surface area contributed by atoms with E-state index in [1.807, 2.05) is 20.8 Å². The van der Waals surface area contributed by atoms with Gasteiger partial charge in [0.25, 0.3) is 12.3 Å². The third kappa shape index (κ3) is 7.34. The third-order valence-electron chi connectivity index (χ3n) is 3.38. The van der Waals surface area contributed by atoms with Gasteiger partial charge in [0, 0.05) is 11.8 Å². The second-order valence-electron chi connectivity index (χ2n) is 6.24. The van der Waals surface area contributed by atoms with Crippen LogP contribution in [0.5, 0.6) is 0 Å². The Kier molecular flexibility index (Phi) is 8.22. The number of hydrogen-bond acceptors (Lipinski definition) is 3. The van der Waals surface area contributed by atoms with Gasteiger partial charge < -0.3 is 5.32 Å². The van der Waals surface area contributed by atoms with Crippen LogP contribution in [0.1, 0.15) is 45.6 Å². The minimum atomic E-state index is -2.81. The minimum Gasteiger partial charge on any atom is -0.321 e. The van der Waals surface area contributed by atoms with Crippen molar-refractivity contribution in [3.8, 4) is 0 Å². The topological polar surface area (TPSA) is 53.0 Å². The number of thioether (sulfide) groups is 1. The molecule has 0 saturated carbocycles. The molecule has 1 unspecified atom stereocenters. The summed E-state index contributed by atoms with van der Waals surface area (Å²) < 4.78 is 38.9. The van der Waals surface area contributed by atoms with Crippen LogP contribution in [-0.4, -0.2) is 17.4 Å². The molecular formula is C18H23F3N2OS. The normalized spacial score (nSPS) is 13.2.